The Kier molecular flexibility index (Phi) is 2.07. The highest BCUT2D eigenvalue weighted by atomic mass is 79.9. The summed E-state index contributed by atoms with van der Waals surface area (Å²) >= 11 is 2.55. The van der Waals surface area contributed by atoms with Crippen molar-refractivity contribution < 1.29 is 13.2 Å². The summed E-state index contributed by atoms with van der Waals surface area (Å²) in [4.78, 5) is 10.8. The zero-order chi connectivity index (χ0) is 9.52. The number of rotatable bonds is 0. The predicted octanol–water partition coefficient (Wildman–Crippen LogP) is 1.49. The highest BCUT2D eigenvalue weighted by Crippen LogP contribution is 2.31. The summed E-state index contributed by atoms with van der Waals surface area (Å²) in [6.45, 7) is 0. The second-order valence-electron chi connectivity index (χ2n) is 2.16. The van der Waals surface area contributed by atoms with Crippen molar-refractivity contribution in [1.29, 1.82) is 0 Å². The van der Waals surface area contributed by atoms with Crippen LogP contribution in [0.3, 0.4) is 0 Å². The van der Waals surface area contributed by atoms with E-state index in [1.807, 2.05) is 5.10 Å². The highest BCUT2D eigenvalue weighted by Gasteiger charge is 2.36. The number of hydrogen-bond acceptors (Lipinski definition) is 1. The number of aromatic amines is 1. The van der Waals surface area contributed by atoms with Crippen LogP contribution in [0.1, 0.15) is 5.69 Å². The van der Waals surface area contributed by atoms with Crippen LogP contribution < -0.4 is 5.56 Å². The van der Waals surface area contributed by atoms with Gasteiger partial charge < -0.3 is 0 Å². The Morgan fingerprint density at radius 3 is 2.17 bits per heavy atom. The summed E-state index contributed by atoms with van der Waals surface area (Å²) in [5.74, 6) is 0. The molecule has 0 aliphatic heterocycles. The zero-order valence-corrected chi connectivity index (χ0v) is 7.45. The number of nitrogens with one attached hydrogen (secondary N) is 1. The van der Waals surface area contributed by atoms with Crippen LogP contribution in [-0.4, -0.2) is 9.78 Å². The van der Waals surface area contributed by atoms with Crippen molar-refractivity contribution in [2.75, 3.05) is 0 Å². The van der Waals surface area contributed by atoms with Crippen LogP contribution in [0, 0.1) is 0 Å². The minimum atomic E-state index is -4.53. The lowest BCUT2D eigenvalue weighted by molar-refractivity contribution is -0.142. The van der Waals surface area contributed by atoms with Crippen molar-refractivity contribution in [2.45, 2.75) is 6.18 Å². The molecule has 1 N–H and O–H groups in total. The average molecular weight is 245 g/mol. The van der Waals surface area contributed by atoms with Crippen LogP contribution in [0.5, 0.6) is 0 Å². The van der Waals surface area contributed by atoms with Crippen LogP contribution in [0.25, 0.3) is 0 Å². The maximum Gasteiger partial charge on any atom is 0.434 e. The molecule has 1 aromatic rings. The third-order valence-corrected chi connectivity index (χ3v) is 2.01. The molecule has 68 valence electrons. The van der Waals surface area contributed by atoms with Gasteiger partial charge in [0, 0.05) is 7.05 Å². The van der Waals surface area contributed by atoms with Gasteiger partial charge in [0.25, 0.3) is 5.56 Å². The predicted molar refractivity (Wildman–Crippen MR) is 38.7 cm³/mol. The summed E-state index contributed by atoms with van der Waals surface area (Å²) in [6, 6.07) is 0. The fraction of sp³-hybridized carbons (Fsp3) is 0.400. The lowest BCUT2D eigenvalue weighted by Crippen LogP contribution is -2.11. The fourth-order valence-electron chi connectivity index (χ4n) is 0.710. The SMILES string of the molecule is Cn1[nH]c(C(F)(F)F)c(Br)c1=O. The number of hydrogen-bond donors (Lipinski definition) is 1. The van der Waals surface area contributed by atoms with Crippen molar-refractivity contribution in [3.8, 4) is 0 Å². The third kappa shape index (κ3) is 1.40. The Morgan fingerprint density at radius 1 is 1.50 bits per heavy atom. The van der Waals surface area contributed by atoms with E-state index in [1.165, 1.54) is 7.05 Å². The van der Waals surface area contributed by atoms with Crippen molar-refractivity contribution >= 4 is 15.9 Å². The smallest absolute Gasteiger partial charge is 0.290 e. The van der Waals surface area contributed by atoms with E-state index in [0.29, 0.717) is 0 Å². The first-order valence-electron chi connectivity index (χ1n) is 2.85. The summed E-state index contributed by atoms with van der Waals surface area (Å²) in [5, 5.41) is 1.88. The van der Waals surface area contributed by atoms with E-state index < -0.39 is 21.9 Å². The van der Waals surface area contributed by atoms with E-state index in [9.17, 15) is 18.0 Å². The molecule has 0 unspecified atom stereocenters. The van der Waals surface area contributed by atoms with E-state index in [2.05, 4.69) is 15.9 Å². The monoisotopic (exact) mass is 244 g/mol. The van der Waals surface area contributed by atoms with Crippen molar-refractivity contribution in [3.05, 3.63) is 20.5 Å². The largest absolute Gasteiger partial charge is 0.434 e. The minimum absolute atomic E-state index is 0.488. The molecule has 0 bridgehead atoms. The molecule has 1 rings (SSSR count). The van der Waals surface area contributed by atoms with Gasteiger partial charge in [-0.25, -0.2) is 0 Å². The quantitative estimate of drug-likeness (QED) is 0.738. The van der Waals surface area contributed by atoms with E-state index in [-0.39, 0.29) is 0 Å². The molecule has 0 radical (unpaired) electrons. The molecule has 7 heteroatoms. The standard InChI is InChI=1S/C5H4BrF3N2O/c1-11-4(12)2(6)3(10-11)5(7,8)9/h10H,1H3. The van der Waals surface area contributed by atoms with E-state index in [0.717, 1.165) is 4.68 Å². The molecule has 3 nitrogen and oxygen atoms in total. The zero-order valence-electron chi connectivity index (χ0n) is 5.87. The Labute approximate surface area is 73.3 Å². The molecule has 0 aromatic carbocycles. The van der Waals surface area contributed by atoms with Crippen LogP contribution in [-0.2, 0) is 13.2 Å². The number of aromatic nitrogens is 2. The molecule has 0 aliphatic rings. The number of H-pyrrole nitrogens is 1. The molecule has 0 aliphatic carbocycles. The minimum Gasteiger partial charge on any atom is -0.290 e. The lowest BCUT2D eigenvalue weighted by Gasteiger charge is -2.02. The summed E-state index contributed by atoms with van der Waals surface area (Å²) < 4.78 is 36.4. The van der Waals surface area contributed by atoms with Gasteiger partial charge in [-0.2, -0.15) is 13.2 Å². The first-order chi connectivity index (χ1) is 5.34. The van der Waals surface area contributed by atoms with Crippen LogP contribution in [0.2, 0.25) is 0 Å². The van der Waals surface area contributed by atoms with Gasteiger partial charge in [-0.05, 0) is 15.9 Å². The number of alkyl halides is 3. The topological polar surface area (TPSA) is 37.8 Å². The average Bonchev–Trinajstić information content (AvgIpc) is 2.15. The van der Waals surface area contributed by atoms with Gasteiger partial charge in [-0.3, -0.25) is 14.6 Å². The molecule has 12 heavy (non-hydrogen) atoms. The molecule has 1 heterocycles. The third-order valence-electron chi connectivity index (χ3n) is 1.27. The number of nitrogens with zero attached hydrogens (tertiary/aromatic N) is 1. The van der Waals surface area contributed by atoms with Gasteiger partial charge in [-0.15, -0.1) is 0 Å². The second kappa shape index (κ2) is 2.65. The van der Waals surface area contributed by atoms with Crippen LogP contribution >= 0.6 is 15.9 Å². The van der Waals surface area contributed by atoms with Gasteiger partial charge in [0.15, 0.2) is 5.69 Å². The maximum atomic E-state index is 12.0. The van der Waals surface area contributed by atoms with Crippen molar-refractivity contribution in [2.24, 2.45) is 7.05 Å². The number of aryl methyl sites for hydroxylation is 1. The van der Waals surface area contributed by atoms with Gasteiger partial charge >= 0.3 is 6.18 Å². The summed E-state index contributed by atoms with van der Waals surface area (Å²) in [6.07, 6.45) is -4.53. The molecule has 0 saturated carbocycles. The first kappa shape index (κ1) is 9.37. The Hall–Kier alpha value is -0.720. The molecule has 0 fully saturated rings. The molecular weight excluding hydrogens is 241 g/mol. The van der Waals surface area contributed by atoms with E-state index in [4.69, 9.17) is 0 Å². The molecule has 0 amide bonds. The summed E-state index contributed by atoms with van der Waals surface area (Å²) in [5.41, 5.74) is -1.79. The van der Waals surface area contributed by atoms with Gasteiger partial charge in [0.1, 0.15) is 4.47 Å². The van der Waals surface area contributed by atoms with Crippen LogP contribution in [0.4, 0.5) is 13.2 Å². The molecular formula is C5H4BrF3N2O. The van der Waals surface area contributed by atoms with Crippen LogP contribution in [0.15, 0.2) is 9.27 Å². The van der Waals surface area contributed by atoms with Gasteiger partial charge in [0.2, 0.25) is 0 Å². The molecule has 0 atom stereocenters. The number of halogens is 4. The lowest BCUT2D eigenvalue weighted by atomic mass is 10.4. The van der Waals surface area contributed by atoms with E-state index >= 15 is 0 Å². The Morgan fingerprint density at radius 2 is 2.00 bits per heavy atom. The van der Waals surface area contributed by atoms with E-state index in [1.54, 1.807) is 0 Å². The van der Waals surface area contributed by atoms with Crippen molar-refractivity contribution in [3.63, 3.8) is 0 Å². The first-order valence-corrected chi connectivity index (χ1v) is 3.65. The highest BCUT2D eigenvalue weighted by molar-refractivity contribution is 9.10. The normalized spacial score (nSPS) is 12.1. The summed E-state index contributed by atoms with van der Waals surface area (Å²) in [7, 11) is 1.21. The van der Waals surface area contributed by atoms with Gasteiger partial charge in [0.05, 0.1) is 0 Å². The molecule has 0 saturated heterocycles. The Bertz CT molecular complexity index is 351. The Balaban J connectivity index is 3.38. The fourth-order valence-corrected chi connectivity index (χ4v) is 1.29. The van der Waals surface area contributed by atoms with Crippen molar-refractivity contribution in [1.82, 2.24) is 9.78 Å². The maximum absolute atomic E-state index is 12.0. The van der Waals surface area contributed by atoms with Gasteiger partial charge in [-0.1, -0.05) is 0 Å². The molecule has 1 aromatic heterocycles. The molecule has 0 spiro atoms. The second-order valence-corrected chi connectivity index (χ2v) is 2.96.